The normalized spacial score (nSPS) is 42.6. The molecule has 0 bridgehead atoms. The zero-order chi connectivity index (χ0) is 15.6. The first-order chi connectivity index (χ1) is 11.3. The topological polar surface area (TPSA) is 45.3 Å². The van der Waals surface area contributed by atoms with Crippen molar-refractivity contribution in [2.45, 2.75) is 68.4 Å². The molecule has 4 fully saturated rings. The van der Waals surface area contributed by atoms with Crippen LogP contribution in [0.4, 0.5) is 0 Å². The van der Waals surface area contributed by atoms with Gasteiger partial charge in [-0.2, -0.15) is 0 Å². The fourth-order valence-electron chi connectivity index (χ4n) is 4.75. The lowest BCUT2D eigenvalue weighted by Gasteiger charge is -2.40. The summed E-state index contributed by atoms with van der Waals surface area (Å²) in [5.74, 6) is 2.21. The summed E-state index contributed by atoms with van der Waals surface area (Å²) in [5.41, 5.74) is 6.78. The molecule has 5 atom stereocenters. The van der Waals surface area contributed by atoms with Gasteiger partial charge in [0.2, 0.25) is 0 Å². The first kappa shape index (κ1) is 16.7. The molecule has 0 spiro atoms. The molecule has 0 aromatic rings. The van der Waals surface area contributed by atoms with Crippen molar-refractivity contribution in [1.29, 1.82) is 0 Å². The standard InChI is InChI=1S/C17H29N3OS2/c22-15-13-4-2-1-3-11(13)5-6-14(15)23-17-20-19-16(21-17)12-7-9-18-10-8-12/h11-14,16-20H,1-10H2. The quantitative estimate of drug-likeness (QED) is 0.677. The Hall–Kier alpha value is 0.280. The maximum atomic E-state index is 6.24. The Balaban J connectivity index is 1.29. The number of fused-ring (bicyclic) bond motifs is 1. The number of rotatable bonds is 3. The molecule has 130 valence electrons. The van der Waals surface area contributed by atoms with Gasteiger partial charge >= 0.3 is 0 Å². The van der Waals surface area contributed by atoms with Crippen molar-refractivity contribution in [2.75, 3.05) is 13.1 Å². The summed E-state index contributed by atoms with van der Waals surface area (Å²) in [6, 6.07) is 0. The predicted octanol–water partition coefficient (Wildman–Crippen LogP) is 2.79. The van der Waals surface area contributed by atoms with E-state index in [9.17, 15) is 0 Å². The monoisotopic (exact) mass is 355 g/mol. The minimum absolute atomic E-state index is 0.0537. The third-order valence-electron chi connectivity index (χ3n) is 6.10. The highest BCUT2D eigenvalue weighted by Crippen LogP contribution is 2.43. The summed E-state index contributed by atoms with van der Waals surface area (Å²) in [6.07, 6.45) is 10.7. The van der Waals surface area contributed by atoms with Gasteiger partial charge in [0.1, 0.15) is 6.23 Å². The molecule has 2 aliphatic carbocycles. The van der Waals surface area contributed by atoms with Gasteiger partial charge in [-0.25, -0.2) is 10.9 Å². The predicted molar refractivity (Wildman–Crippen MR) is 99.2 cm³/mol. The summed E-state index contributed by atoms with van der Waals surface area (Å²) in [5, 5.41) is 3.92. The Morgan fingerprint density at radius 3 is 2.61 bits per heavy atom. The van der Waals surface area contributed by atoms with Gasteiger partial charge in [0.15, 0.2) is 5.56 Å². The third kappa shape index (κ3) is 3.77. The van der Waals surface area contributed by atoms with Crippen molar-refractivity contribution >= 4 is 28.8 Å². The minimum Gasteiger partial charge on any atom is -0.333 e. The van der Waals surface area contributed by atoms with Crippen LogP contribution in [0.15, 0.2) is 0 Å². The average Bonchev–Trinajstić information content (AvgIpc) is 3.07. The molecule has 4 nitrogen and oxygen atoms in total. The number of hydrogen-bond acceptors (Lipinski definition) is 6. The lowest BCUT2D eigenvalue weighted by molar-refractivity contribution is 0.0267. The lowest BCUT2D eigenvalue weighted by atomic mass is 9.70. The molecular formula is C17H29N3OS2. The molecule has 2 aliphatic heterocycles. The molecule has 0 aromatic carbocycles. The van der Waals surface area contributed by atoms with Crippen molar-refractivity contribution in [1.82, 2.24) is 16.2 Å². The summed E-state index contributed by atoms with van der Waals surface area (Å²) >= 11 is 7.79. The van der Waals surface area contributed by atoms with E-state index in [1.807, 2.05) is 11.8 Å². The van der Waals surface area contributed by atoms with Crippen molar-refractivity contribution < 1.29 is 4.74 Å². The van der Waals surface area contributed by atoms with Crippen LogP contribution in [0.3, 0.4) is 0 Å². The number of ether oxygens (including phenoxy) is 1. The smallest absolute Gasteiger partial charge is 0.171 e. The Kier molecular flexibility index (Phi) is 5.58. The average molecular weight is 356 g/mol. The SMILES string of the molecule is S=C1C(SC2NNC(C3CCNCC3)O2)CCC2CCCCC12. The van der Waals surface area contributed by atoms with Gasteiger partial charge in [-0.15, -0.1) is 11.8 Å². The van der Waals surface area contributed by atoms with Crippen LogP contribution in [-0.2, 0) is 4.74 Å². The second kappa shape index (κ2) is 7.67. The largest absolute Gasteiger partial charge is 0.333 e. The fourth-order valence-corrected chi connectivity index (χ4v) is 6.55. The van der Waals surface area contributed by atoms with Crippen LogP contribution < -0.4 is 16.2 Å². The van der Waals surface area contributed by atoms with E-state index in [2.05, 4.69) is 16.2 Å². The molecule has 2 saturated heterocycles. The zero-order valence-corrected chi connectivity index (χ0v) is 15.4. The number of hydrogen-bond donors (Lipinski definition) is 3. The molecular weight excluding hydrogens is 326 g/mol. The molecule has 4 aliphatic rings. The van der Waals surface area contributed by atoms with Crippen LogP contribution in [0.1, 0.15) is 51.4 Å². The molecule has 0 aromatic heterocycles. The highest BCUT2D eigenvalue weighted by atomic mass is 32.2. The maximum absolute atomic E-state index is 6.24. The second-order valence-corrected chi connectivity index (χ2v) is 9.26. The van der Waals surface area contributed by atoms with Gasteiger partial charge in [0, 0.05) is 16.0 Å². The van der Waals surface area contributed by atoms with Crippen LogP contribution in [0.2, 0.25) is 0 Å². The van der Waals surface area contributed by atoms with Gasteiger partial charge < -0.3 is 10.1 Å². The van der Waals surface area contributed by atoms with E-state index in [1.54, 1.807) is 0 Å². The number of nitrogens with one attached hydrogen (secondary N) is 3. The lowest BCUT2D eigenvalue weighted by Crippen LogP contribution is -2.42. The highest BCUT2D eigenvalue weighted by Gasteiger charge is 2.39. The third-order valence-corrected chi connectivity index (χ3v) is 8.14. The van der Waals surface area contributed by atoms with Gasteiger partial charge in [-0.3, -0.25) is 0 Å². The summed E-state index contributed by atoms with van der Waals surface area (Å²) < 4.78 is 6.24. The molecule has 23 heavy (non-hydrogen) atoms. The van der Waals surface area contributed by atoms with E-state index in [0.29, 0.717) is 17.1 Å². The van der Waals surface area contributed by atoms with E-state index in [0.717, 1.165) is 19.0 Å². The van der Waals surface area contributed by atoms with E-state index in [4.69, 9.17) is 17.0 Å². The Morgan fingerprint density at radius 2 is 1.74 bits per heavy atom. The number of thioether (sulfide) groups is 1. The molecule has 6 heteroatoms. The van der Waals surface area contributed by atoms with E-state index >= 15 is 0 Å². The zero-order valence-electron chi connectivity index (χ0n) is 13.8. The Labute approximate surface area is 149 Å². The van der Waals surface area contributed by atoms with Gasteiger partial charge in [-0.1, -0.05) is 25.1 Å². The van der Waals surface area contributed by atoms with Crippen LogP contribution in [0.25, 0.3) is 0 Å². The van der Waals surface area contributed by atoms with Crippen LogP contribution >= 0.6 is 24.0 Å². The number of thiocarbonyl (C=S) groups is 1. The minimum atomic E-state index is 0.0537. The number of piperidine rings is 1. The molecule has 2 heterocycles. The first-order valence-electron chi connectivity index (χ1n) is 9.37. The molecule has 5 unspecified atom stereocenters. The second-order valence-electron chi connectivity index (χ2n) is 7.52. The Bertz CT molecular complexity index is 430. The fraction of sp³-hybridized carbons (Fsp3) is 0.941. The molecule has 3 N–H and O–H groups in total. The van der Waals surface area contributed by atoms with Gasteiger partial charge in [0.25, 0.3) is 0 Å². The number of hydrazine groups is 1. The van der Waals surface area contributed by atoms with Crippen molar-refractivity contribution in [3.05, 3.63) is 0 Å². The van der Waals surface area contributed by atoms with Gasteiger partial charge in [0.05, 0.1) is 0 Å². The van der Waals surface area contributed by atoms with E-state index < -0.39 is 0 Å². The van der Waals surface area contributed by atoms with Crippen LogP contribution in [-0.4, -0.2) is 35.0 Å². The molecule has 0 amide bonds. The summed E-state index contributed by atoms with van der Waals surface area (Å²) in [6.45, 7) is 2.22. The maximum Gasteiger partial charge on any atom is 0.171 e. The molecule has 4 rings (SSSR count). The van der Waals surface area contributed by atoms with Crippen LogP contribution in [0, 0.1) is 17.8 Å². The summed E-state index contributed by atoms with van der Waals surface area (Å²) in [4.78, 5) is 1.33. The van der Waals surface area contributed by atoms with Gasteiger partial charge in [-0.05, 0) is 63.5 Å². The van der Waals surface area contributed by atoms with Crippen molar-refractivity contribution in [3.63, 3.8) is 0 Å². The van der Waals surface area contributed by atoms with Crippen LogP contribution in [0.5, 0.6) is 0 Å². The Morgan fingerprint density at radius 1 is 0.913 bits per heavy atom. The summed E-state index contributed by atoms with van der Waals surface area (Å²) in [7, 11) is 0. The van der Waals surface area contributed by atoms with Crippen molar-refractivity contribution in [2.24, 2.45) is 17.8 Å². The van der Waals surface area contributed by atoms with E-state index in [-0.39, 0.29) is 11.8 Å². The van der Waals surface area contributed by atoms with Crippen molar-refractivity contribution in [3.8, 4) is 0 Å². The highest BCUT2D eigenvalue weighted by molar-refractivity contribution is 8.02. The molecule has 2 saturated carbocycles. The van der Waals surface area contributed by atoms with E-state index in [1.165, 1.54) is 56.2 Å². The molecule has 0 radical (unpaired) electrons. The first-order valence-corrected chi connectivity index (χ1v) is 10.7.